The second kappa shape index (κ2) is 12.1. The lowest BCUT2D eigenvalue weighted by Crippen LogP contribution is -1.98. The van der Waals surface area contributed by atoms with Gasteiger partial charge in [-0.05, 0) is 30.4 Å². The van der Waals surface area contributed by atoms with Crippen LogP contribution in [0.25, 0.3) is 10.8 Å². The number of fused-ring (bicyclic) bond motifs is 1. The van der Waals surface area contributed by atoms with E-state index in [0.29, 0.717) is 0 Å². The van der Waals surface area contributed by atoms with E-state index in [9.17, 15) is 0 Å². The highest BCUT2D eigenvalue weighted by Crippen LogP contribution is 2.27. The molecule has 1 heteroatoms. The largest absolute Gasteiger partial charge is 0.493 e. The van der Waals surface area contributed by atoms with E-state index in [1.54, 1.807) is 0 Å². The van der Waals surface area contributed by atoms with Gasteiger partial charge in [-0.25, -0.2) is 0 Å². The lowest BCUT2D eigenvalue weighted by molar-refractivity contribution is 0.308. The van der Waals surface area contributed by atoms with E-state index in [1.807, 2.05) is 13.8 Å². The average Bonchev–Trinajstić information content (AvgIpc) is 2.53. The van der Waals surface area contributed by atoms with E-state index < -0.39 is 0 Å². The third kappa shape index (κ3) is 6.09. The van der Waals surface area contributed by atoms with Crippen molar-refractivity contribution >= 4 is 10.8 Å². The summed E-state index contributed by atoms with van der Waals surface area (Å²) in [6.45, 7) is 9.22. The van der Waals surface area contributed by atoms with Crippen LogP contribution >= 0.6 is 0 Å². The molecule has 124 valence electrons. The highest BCUT2D eigenvalue weighted by atomic mass is 16.5. The fourth-order valence-corrected chi connectivity index (χ4v) is 2.45. The Morgan fingerprint density at radius 2 is 1.45 bits per heavy atom. The topological polar surface area (TPSA) is 9.23 Å². The summed E-state index contributed by atoms with van der Waals surface area (Å²) in [5, 5.41) is 2.53. The number of hydrogen-bond acceptors (Lipinski definition) is 1. The van der Waals surface area contributed by atoms with Gasteiger partial charge in [-0.3, -0.25) is 0 Å². The van der Waals surface area contributed by atoms with Gasteiger partial charge in [0.2, 0.25) is 0 Å². The molecule has 0 unspecified atom stereocenters. The van der Waals surface area contributed by atoms with Crippen molar-refractivity contribution in [1.82, 2.24) is 0 Å². The minimum Gasteiger partial charge on any atom is -0.493 e. The fourth-order valence-electron chi connectivity index (χ4n) is 2.45. The summed E-state index contributed by atoms with van der Waals surface area (Å²) in [4.78, 5) is 0. The molecule has 0 radical (unpaired) electrons. The molecule has 0 amide bonds. The van der Waals surface area contributed by atoms with Crippen molar-refractivity contribution in [2.75, 3.05) is 6.61 Å². The molecule has 0 aliphatic carbocycles. The van der Waals surface area contributed by atoms with Gasteiger partial charge in [0.25, 0.3) is 0 Å². The second-order valence-corrected chi connectivity index (χ2v) is 5.19. The number of hydrogen-bond donors (Lipinski definition) is 0. The molecule has 2 rings (SSSR count). The van der Waals surface area contributed by atoms with Crippen molar-refractivity contribution in [3.05, 3.63) is 42.0 Å². The Bertz CT molecular complexity index is 516. The van der Waals surface area contributed by atoms with Crippen LogP contribution in [0.15, 0.2) is 36.4 Å². The van der Waals surface area contributed by atoms with Crippen molar-refractivity contribution < 1.29 is 4.74 Å². The summed E-state index contributed by atoms with van der Waals surface area (Å²) in [6, 6.07) is 12.7. The van der Waals surface area contributed by atoms with Crippen LogP contribution in [0.5, 0.6) is 5.75 Å². The van der Waals surface area contributed by atoms with Gasteiger partial charge >= 0.3 is 0 Å². The summed E-state index contributed by atoms with van der Waals surface area (Å²) in [5.41, 5.74) is 1.31. The number of benzene rings is 2. The lowest BCUT2D eigenvalue weighted by Gasteiger charge is -2.10. The summed E-state index contributed by atoms with van der Waals surface area (Å²) in [7, 11) is 0. The SMILES string of the molecule is C.CC.CCCCCCCOc1cccc2c(C)cccc12. The zero-order chi connectivity index (χ0) is 15.5. The average molecular weight is 303 g/mol. The Labute approximate surface area is 137 Å². The van der Waals surface area contributed by atoms with Crippen LogP contribution in [-0.4, -0.2) is 6.61 Å². The van der Waals surface area contributed by atoms with Crippen LogP contribution in [0.1, 0.15) is 65.9 Å². The van der Waals surface area contributed by atoms with E-state index in [0.717, 1.165) is 18.8 Å². The number of aryl methyl sites for hydroxylation is 1. The standard InChI is InChI=1S/C18H24O.C2H6.CH4/c1-3-4-5-6-7-14-19-18-13-9-11-16-15(2)10-8-12-17(16)18;1-2;/h8-13H,3-7,14H2,1-2H3;1-2H3;1H4. The second-order valence-electron chi connectivity index (χ2n) is 5.19. The van der Waals surface area contributed by atoms with Gasteiger partial charge < -0.3 is 4.74 Å². The maximum absolute atomic E-state index is 5.95. The molecule has 0 aliphatic heterocycles. The molecule has 0 heterocycles. The van der Waals surface area contributed by atoms with Crippen molar-refractivity contribution in [2.24, 2.45) is 0 Å². The molecule has 0 saturated carbocycles. The first-order valence-electron chi connectivity index (χ1n) is 8.44. The molecule has 0 bridgehead atoms. The van der Waals surface area contributed by atoms with Crippen LogP contribution in [0.2, 0.25) is 0 Å². The molecule has 2 aromatic rings. The zero-order valence-electron chi connectivity index (χ0n) is 14.1. The molecule has 0 fully saturated rings. The van der Waals surface area contributed by atoms with Crippen molar-refractivity contribution in [3.63, 3.8) is 0 Å². The molecule has 0 aliphatic rings. The molecule has 2 aromatic carbocycles. The van der Waals surface area contributed by atoms with Gasteiger partial charge in [0.15, 0.2) is 0 Å². The first-order chi connectivity index (χ1) is 10.3. The molecule has 0 aromatic heterocycles. The maximum Gasteiger partial charge on any atom is 0.127 e. The monoisotopic (exact) mass is 302 g/mol. The minimum atomic E-state index is 0. The molecule has 0 N–H and O–H groups in total. The van der Waals surface area contributed by atoms with Crippen LogP contribution in [0.3, 0.4) is 0 Å². The summed E-state index contributed by atoms with van der Waals surface area (Å²) in [6.07, 6.45) is 6.39. The minimum absolute atomic E-state index is 0. The maximum atomic E-state index is 5.95. The summed E-state index contributed by atoms with van der Waals surface area (Å²) >= 11 is 0. The molecule has 22 heavy (non-hydrogen) atoms. The first kappa shape index (κ1) is 20.5. The summed E-state index contributed by atoms with van der Waals surface area (Å²) < 4.78 is 5.95. The van der Waals surface area contributed by atoms with Crippen LogP contribution in [0.4, 0.5) is 0 Å². The van der Waals surface area contributed by atoms with E-state index >= 15 is 0 Å². The van der Waals surface area contributed by atoms with Crippen LogP contribution in [0, 0.1) is 6.92 Å². The smallest absolute Gasteiger partial charge is 0.127 e. The Kier molecular flexibility index (Phi) is 11.3. The van der Waals surface area contributed by atoms with Crippen LogP contribution in [-0.2, 0) is 0 Å². The van der Waals surface area contributed by atoms with Crippen LogP contribution < -0.4 is 4.74 Å². The van der Waals surface area contributed by atoms with Gasteiger partial charge in [-0.15, -0.1) is 0 Å². The Morgan fingerprint density at radius 3 is 2.18 bits per heavy atom. The molecule has 1 nitrogen and oxygen atoms in total. The highest BCUT2D eigenvalue weighted by molar-refractivity contribution is 5.90. The van der Waals surface area contributed by atoms with E-state index in [2.05, 4.69) is 50.2 Å². The predicted molar refractivity (Wildman–Crippen MR) is 101 cm³/mol. The van der Waals surface area contributed by atoms with Gasteiger partial charge in [-0.2, -0.15) is 0 Å². The van der Waals surface area contributed by atoms with Crippen molar-refractivity contribution in [2.45, 2.75) is 67.2 Å². The predicted octanol–water partition coefficient (Wildman–Crippen LogP) is 7.16. The number of ether oxygens (including phenoxy) is 1. The number of unbranched alkanes of at least 4 members (excludes halogenated alkanes) is 4. The Hall–Kier alpha value is -1.50. The normalized spacial score (nSPS) is 9.64. The lowest BCUT2D eigenvalue weighted by atomic mass is 10.1. The van der Waals surface area contributed by atoms with Gasteiger partial charge in [0, 0.05) is 5.39 Å². The molecule has 0 saturated heterocycles. The fraction of sp³-hybridized carbons (Fsp3) is 0.524. The van der Waals surface area contributed by atoms with E-state index in [4.69, 9.17) is 4.74 Å². The highest BCUT2D eigenvalue weighted by Gasteiger charge is 2.03. The third-order valence-corrected chi connectivity index (χ3v) is 3.61. The third-order valence-electron chi connectivity index (χ3n) is 3.61. The van der Waals surface area contributed by atoms with E-state index in [1.165, 1.54) is 42.0 Å². The van der Waals surface area contributed by atoms with Crippen molar-refractivity contribution in [3.8, 4) is 5.75 Å². The van der Waals surface area contributed by atoms with Crippen molar-refractivity contribution in [1.29, 1.82) is 0 Å². The van der Waals surface area contributed by atoms with Gasteiger partial charge in [-0.1, -0.05) is 84.2 Å². The quantitative estimate of drug-likeness (QED) is 0.493. The van der Waals surface area contributed by atoms with Gasteiger partial charge in [0.05, 0.1) is 6.61 Å². The number of rotatable bonds is 7. The van der Waals surface area contributed by atoms with E-state index in [-0.39, 0.29) is 7.43 Å². The molecule has 0 spiro atoms. The molecular weight excluding hydrogens is 268 g/mol. The molecule has 0 atom stereocenters. The summed E-state index contributed by atoms with van der Waals surface area (Å²) in [5.74, 6) is 1.02. The van der Waals surface area contributed by atoms with Gasteiger partial charge in [0.1, 0.15) is 5.75 Å². The Balaban J connectivity index is 0.00000141. The Morgan fingerprint density at radius 1 is 0.818 bits per heavy atom. The molecular formula is C21H34O. The first-order valence-corrected chi connectivity index (χ1v) is 8.44. The zero-order valence-corrected chi connectivity index (χ0v) is 14.1.